The topological polar surface area (TPSA) is 17.1 Å². The maximum atomic E-state index is 12.2. The van der Waals surface area contributed by atoms with Gasteiger partial charge in [0.2, 0.25) is 0 Å². The molecule has 0 aromatic heterocycles. The number of carbonyl (C=O) groups excluding carboxylic acids is 1. The third kappa shape index (κ3) is 1.26. The molecular formula is C15H22O. The van der Waals surface area contributed by atoms with Crippen LogP contribution in [0.1, 0.15) is 52.4 Å². The fourth-order valence-corrected chi connectivity index (χ4v) is 5.94. The lowest BCUT2D eigenvalue weighted by atomic mass is 9.39. The Kier molecular flexibility index (Phi) is 1.85. The van der Waals surface area contributed by atoms with E-state index in [0.717, 1.165) is 25.2 Å². The lowest BCUT2D eigenvalue weighted by Crippen LogP contribution is -2.57. The van der Waals surface area contributed by atoms with Crippen molar-refractivity contribution < 1.29 is 4.79 Å². The second kappa shape index (κ2) is 2.80. The molecule has 1 nitrogen and oxygen atoms in total. The van der Waals surface area contributed by atoms with Crippen molar-refractivity contribution in [2.45, 2.75) is 52.4 Å². The van der Waals surface area contributed by atoms with Crippen LogP contribution in [-0.2, 0) is 4.79 Å². The van der Waals surface area contributed by atoms with Crippen molar-refractivity contribution in [3.63, 3.8) is 0 Å². The van der Waals surface area contributed by atoms with Crippen molar-refractivity contribution in [3.8, 4) is 0 Å². The van der Waals surface area contributed by atoms with Gasteiger partial charge >= 0.3 is 0 Å². The summed E-state index contributed by atoms with van der Waals surface area (Å²) in [6.45, 7) is 8.52. The highest BCUT2D eigenvalue weighted by Gasteiger charge is 2.61. The molecule has 4 aliphatic rings. The normalized spacial score (nSPS) is 54.0. The van der Waals surface area contributed by atoms with Crippen LogP contribution in [-0.4, -0.2) is 5.78 Å². The van der Waals surface area contributed by atoms with E-state index >= 15 is 0 Å². The first-order chi connectivity index (χ1) is 7.39. The highest BCUT2D eigenvalue weighted by atomic mass is 16.1. The molecule has 4 fully saturated rings. The number of rotatable bonds is 2. The van der Waals surface area contributed by atoms with Crippen LogP contribution < -0.4 is 0 Å². The highest BCUT2D eigenvalue weighted by Crippen LogP contribution is 2.69. The summed E-state index contributed by atoms with van der Waals surface area (Å²) in [6, 6.07) is 0. The average Bonchev–Trinajstić information content (AvgIpc) is 2.10. The van der Waals surface area contributed by atoms with E-state index in [4.69, 9.17) is 0 Å². The van der Waals surface area contributed by atoms with E-state index in [1.807, 2.05) is 0 Å². The number of hydrogen-bond acceptors (Lipinski definition) is 1. The van der Waals surface area contributed by atoms with E-state index in [-0.39, 0.29) is 5.41 Å². The molecule has 0 heterocycles. The predicted molar refractivity (Wildman–Crippen MR) is 65.0 cm³/mol. The second-order valence-corrected chi connectivity index (χ2v) is 7.48. The summed E-state index contributed by atoms with van der Waals surface area (Å²) >= 11 is 0. The molecule has 0 aliphatic heterocycles. The van der Waals surface area contributed by atoms with E-state index in [0.29, 0.717) is 16.6 Å². The van der Waals surface area contributed by atoms with Crippen molar-refractivity contribution in [2.75, 3.05) is 0 Å². The van der Waals surface area contributed by atoms with Crippen LogP contribution in [0, 0.1) is 22.2 Å². The monoisotopic (exact) mass is 218 g/mol. The third-order valence-electron chi connectivity index (χ3n) is 5.33. The van der Waals surface area contributed by atoms with Crippen LogP contribution >= 0.6 is 0 Å². The molecule has 0 saturated heterocycles. The van der Waals surface area contributed by atoms with E-state index in [2.05, 4.69) is 20.4 Å². The molecule has 0 spiro atoms. The fourth-order valence-electron chi connectivity index (χ4n) is 5.94. The Hall–Kier alpha value is -0.590. The molecule has 2 atom stereocenters. The third-order valence-corrected chi connectivity index (χ3v) is 5.33. The van der Waals surface area contributed by atoms with Gasteiger partial charge in [-0.2, -0.15) is 0 Å². The minimum atomic E-state index is -0.0231. The Bertz CT molecular complexity index is 350. The van der Waals surface area contributed by atoms with Gasteiger partial charge in [0.05, 0.1) is 0 Å². The first-order valence-electron chi connectivity index (χ1n) is 6.56. The first-order valence-corrected chi connectivity index (χ1v) is 6.56. The summed E-state index contributed by atoms with van der Waals surface area (Å²) in [5.41, 5.74) is 0.852. The van der Waals surface area contributed by atoms with Crippen LogP contribution in [0.15, 0.2) is 12.7 Å². The van der Waals surface area contributed by atoms with Gasteiger partial charge in [-0.3, -0.25) is 4.79 Å². The van der Waals surface area contributed by atoms with Gasteiger partial charge in [0.25, 0.3) is 0 Å². The zero-order valence-corrected chi connectivity index (χ0v) is 10.5. The van der Waals surface area contributed by atoms with Gasteiger partial charge in [0.1, 0.15) is 0 Å². The molecule has 0 aromatic rings. The van der Waals surface area contributed by atoms with E-state index in [9.17, 15) is 4.79 Å². The van der Waals surface area contributed by atoms with Crippen LogP contribution in [0.2, 0.25) is 0 Å². The molecule has 88 valence electrons. The first kappa shape index (κ1) is 10.6. The van der Waals surface area contributed by atoms with Gasteiger partial charge in [0.15, 0.2) is 5.78 Å². The standard InChI is InChI=1S/C15H22O/c1-4-12(16)15-7-11-5-13(2,9-15)8-14(3,6-11)10-15/h4,11H,1,5-10H2,2-3H3. The fraction of sp³-hybridized carbons (Fsp3) is 0.800. The van der Waals surface area contributed by atoms with E-state index in [1.165, 1.54) is 19.3 Å². The molecule has 4 rings (SSSR count). The van der Waals surface area contributed by atoms with Crippen molar-refractivity contribution >= 4 is 5.78 Å². The van der Waals surface area contributed by atoms with Crippen LogP contribution in [0.3, 0.4) is 0 Å². The van der Waals surface area contributed by atoms with Crippen molar-refractivity contribution in [1.29, 1.82) is 0 Å². The maximum absolute atomic E-state index is 12.2. The van der Waals surface area contributed by atoms with Gasteiger partial charge in [-0.15, -0.1) is 0 Å². The smallest absolute Gasteiger partial charge is 0.161 e. The summed E-state index contributed by atoms with van der Waals surface area (Å²) in [7, 11) is 0. The van der Waals surface area contributed by atoms with Gasteiger partial charge < -0.3 is 0 Å². The average molecular weight is 218 g/mol. The van der Waals surface area contributed by atoms with Crippen molar-refractivity contribution in [1.82, 2.24) is 0 Å². The summed E-state index contributed by atoms with van der Waals surface area (Å²) in [4.78, 5) is 12.2. The number of ketones is 1. The van der Waals surface area contributed by atoms with Crippen LogP contribution in [0.25, 0.3) is 0 Å². The Labute approximate surface area is 98.3 Å². The van der Waals surface area contributed by atoms with Crippen LogP contribution in [0.4, 0.5) is 0 Å². The number of carbonyl (C=O) groups is 1. The van der Waals surface area contributed by atoms with Crippen LogP contribution in [0.5, 0.6) is 0 Å². The number of hydrogen-bond donors (Lipinski definition) is 0. The van der Waals surface area contributed by atoms with Crippen molar-refractivity contribution in [3.05, 3.63) is 12.7 Å². The predicted octanol–water partition coefficient (Wildman–Crippen LogP) is 3.74. The van der Waals surface area contributed by atoms with E-state index in [1.54, 1.807) is 6.08 Å². The summed E-state index contributed by atoms with van der Waals surface area (Å²) in [5, 5.41) is 0. The van der Waals surface area contributed by atoms with E-state index < -0.39 is 0 Å². The van der Waals surface area contributed by atoms with Gasteiger partial charge in [-0.25, -0.2) is 0 Å². The zero-order chi connectivity index (χ0) is 11.6. The maximum Gasteiger partial charge on any atom is 0.161 e. The zero-order valence-electron chi connectivity index (χ0n) is 10.5. The largest absolute Gasteiger partial charge is 0.294 e. The van der Waals surface area contributed by atoms with Gasteiger partial charge in [-0.1, -0.05) is 20.4 Å². The molecule has 4 aliphatic carbocycles. The Morgan fingerprint density at radius 3 is 2.12 bits per heavy atom. The Morgan fingerprint density at radius 2 is 1.69 bits per heavy atom. The quantitative estimate of drug-likeness (QED) is 0.645. The van der Waals surface area contributed by atoms with Crippen molar-refractivity contribution in [2.24, 2.45) is 22.2 Å². The number of allylic oxidation sites excluding steroid dienone is 1. The molecule has 0 N–H and O–H groups in total. The second-order valence-electron chi connectivity index (χ2n) is 7.48. The minimum absolute atomic E-state index is 0.0231. The Balaban J connectivity index is 2.04. The summed E-state index contributed by atoms with van der Waals surface area (Å²) < 4.78 is 0. The molecule has 0 amide bonds. The minimum Gasteiger partial charge on any atom is -0.294 e. The lowest BCUT2D eigenvalue weighted by Gasteiger charge is -2.64. The summed E-state index contributed by atoms with van der Waals surface area (Å²) in [6.07, 6.45) is 9.02. The Morgan fingerprint density at radius 1 is 1.12 bits per heavy atom. The molecular weight excluding hydrogens is 196 g/mol. The molecule has 4 saturated carbocycles. The summed E-state index contributed by atoms with van der Waals surface area (Å²) in [5.74, 6) is 1.13. The van der Waals surface area contributed by atoms with Gasteiger partial charge in [0, 0.05) is 5.41 Å². The molecule has 16 heavy (non-hydrogen) atoms. The molecule has 0 radical (unpaired) electrons. The molecule has 0 aromatic carbocycles. The van der Waals surface area contributed by atoms with Gasteiger partial charge in [-0.05, 0) is 61.3 Å². The lowest BCUT2D eigenvalue weighted by molar-refractivity contribution is -0.163. The molecule has 1 heteroatoms. The highest BCUT2D eigenvalue weighted by molar-refractivity contribution is 5.94. The molecule has 2 unspecified atom stereocenters. The molecule has 4 bridgehead atoms. The SMILES string of the molecule is C=CC(=O)C12CC3CC(C)(CC(C)(C3)C1)C2.